The number of hydrogen-bond donors (Lipinski definition) is 0. The van der Waals surface area contributed by atoms with Crippen LogP contribution in [0, 0.1) is 23.7 Å². The van der Waals surface area contributed by atoms with Crippen molar-refractivity contribution in [2.24, 2.45) is 23.7 Å². The average Bonchev–Trinajstić information content (AvgIpc) is 2.85. The summed E-state index contributed by atoms with van der Waals surface area (Å²) in [5.74, 6) is 3.60. The fourth-order valence-corrected chi connectivity index (χ4v) is 3.59. The van der Waals surface area contributed by atoms with Crippen molar-refractivity contribution in [1.82, 2.24) is 0 Å². The van der Waals surface area contributed by atoms with E-state index in [2.05, 4.69) is 0 Å². The van der Waals surface area contributed by atoms with Crippen molar-refractivity contribution in [1.29, 1.82) is 0 Å². The molecule has 1 nitrogen and oxygen atoms in total. The summed E-state index contributed by atoms with van der Waals surface area (Å²) in [5, 5.41) is 0. The Hall–Kier alpha value is -0.330. The second kappa shape index (κ2) is 3.36. The maximum absolute atomic E-state index is 12.0. The number of hydrogen-bond acceptors (Lipinski definition) is 1. The number of carbonyl (C=O) groups excluding carboxylic acids is 1. The van der Waals surface area contributed by atoms with Crippen LogP contribution in [0.15, 0.2) is 0 Å². The standard InChI is InChI=1S/C13H20O/c14-12(8-9-4-3-5-9)13-10-6-1-2-7-11(10)13/h9-11,13H,1-8H2. The van der Waals surface area contributed by atoms with E-state index in [4.69, 9.17) is 0 Å². The SMILES string of the molecule is O=C(CC1CCC1)C1C2CCCCC21. The first-order valence-electron chi connectivity index (χ1n) is 6.39. The van der Waals surface area contributed by atoms with Gasteiger partial charge in [0.2, 0.25) is 0 Å². The van der Waals surface area contributed by atoms with Crippen molar-refractivity contribution in [3.8, 4) is 0 Å². The molecule has 3 aliphatic rings. The fraction of sp³-hybridized carbons (Fsp3) is 0.923. The quantitative estimate of drug-likeness (QED) is 0.671. The molecule has 3 saturated carbocycles. The van der Waals surface area contributed by atoms with E-state index in [-0.39, 0.29) is 0 Å². The van der Waals surface area contributed by atoms with Gasteiger partial charge >= 0.3 is 0 Å². The molecule has 1 heteroatoms. The Morgan fingerprint density at radius 2 is 1.57 bits per heavy atom. The minimum absolute atomic E-state index is 0.526. The number of rotatable bonds is 3. The van der Waals surface area contributed by atoms with Crippen LogP contribution < -0.4 is 0 Å². The first-order valence-corrected chi connectivity index (χ1v) is 6.39. The van der Waals surface area contributed by atoms with Crippen LogP contribution >= 0.6 is 0 Å². The Kier molecular flexibility index (Phi) is 2.14. The first-order chi connectivity index (χ1) is 6.86. The summed E-state index contributed by atoms with van der Waals surface area (Å²) in [6.07, 6.45) is 10.4. The Balaban J connectivity index is 1.53. The molecule has 3 aliphatic carbocycles. The number of ketones is 1. The van der Waals surface area contributed by atoms with Crippen LogP contribution in [-0.2, 0) is 4.79 Å². The molecule has 0 amide bonds. The van der Waals surface area contributed by atoms with Crippen LogP contribution in [0.5, 0.6) is 0 Å². The zero-order valence-electron chi connectivity index (χ0n) is 8.87. The van der Waals surface area contributed by atoms with Gasteiger partial charge in [0.1, 0.15) is 5.78 Å². The molecule has 0 radical (unpaired) electrons. The molecular weight excluding hydrogens is 172 g/mol. The van der Waals surface area contributed by atoms with Crippen LogP contribution in [0.25, 0.3) is 0 Å². The highest BCUT2D eigenvalue weighted by atomic mass is 16.1. The molecule has 2 unspecified atom stereocenters. The van der Waals surface area contributed by atoms with Crippen molar-refractivity contribution in [3.05, 3.63) is 0 Å². The van der Waals surface area contributed by atoms with Gasteiger partial charge in [-0.05, 0) is 30.6 Å². The molecule has 78 valence electrons. The third-order valence-electron chi connectivity index (χ3n) is 4.74. The van der Waals surface area contributed by atoms with Gasteiger partial charge in [0.05, 0.1) is 0 Å². The van der Waals surface area contributed by atoms with E-state index in [0.717, 1.165) is 24.2 Å². The van der Waals surface area contributed by atoms with Gasteiger partial charge in [0.25, 0.3) is 0 Å². The molecule has 14 heavy (non-hydrogen) atoms. The summed E-state index contributed by atoms with van der Waals surface area (Å²) < 4.78 is 0. The average molecular weight is 192 g/mol. The highest BCUT2D eigenvalue weighted by Crippen LogP contribution is 2.56. The molecule has 0 N–H and O–H groups in total. The van der Waals surface area contributed by atoms with Gasteiger partial charge in [-0.3, -0.25) is 4.79 Å². The Morgan fingerprint density at radius 3 is 2.07 bits per heavy atom. The zero-order chi connectivity index (χ0) is 9.54. The molecule has 0 aromatic carbocycles. The van der Waals surface area contributed by atoms with Gasteiger partial charge in [-0.15, -0.1) is 0 Å². The van der Waals surface area contributed by atoms with Crippen LogP contribution in [0.3, 0.4) is 0 Å². The molecule has 0 saturated heterocycles. The molecular formula is C13H20O. The van der Waals surface area contributed by atoms with E-state index in [9.17, 15) is 4.79 Å². The van der Waals surface area contributed by atoms with Gasteiger partial charge in [-0.1, -0.05) is 32.1 Å². The molecule has 0 aromatic heterocycles. The lowest BCUT2D eigenvalue weighted by Crippen LogP contribution is -2.17. The minimum Gasteiger partial charge on any atom is -0.299 e. The van der Waals surface area contributed by atoms with Crippen molar-refractivity contribution in [3.63, 3.8) is 0 Å². The molecule has 0 aliphatic heterocycles. The molecule has 0 aromatic rings. The number of fused-ring (bicyclic) bond motifs is 1. The third kappa shape index (κ3) is 1.41. The highest BCUT2D eigenvalue weighted by Gasteiger charge is 2.54. The molecule has 3 rings (SSSR count). The van der Waals surface area contributed by atoms with E-state index in [1.165, 1.54) is 44.9 Å². The van der Waals surface area contributed by atoms with Crippen molar-refractivity contribution in [2.45, 2.75) is 51.4 Å². The topological polar surface area (TPSA) is 17.1 Å². The lowest BCUT2D eigenvalue weighted by Gasteiger charge is -2.24. The second-order valence-corrected chi connectivity index (χ2v) is 5.61. The maximum Gasteiger partial charge on any atom is 0.136 e. The summed E-state index contributed by atoms with van der Waals surface area (Å²) in [6.45, 7) is 0. The normalized spacial score (nSPS) is 41.3. The molecule has 0 heterocycles. The Bertz CT molecular complexity index is 230. The Morgan fingerprint density at radius 1 is 0.929 bits per heavy atom. The summed E-state index contributed by atoms with van der Waals surface area (Å²) in [4.78, 5) is 12.0. The van der Waals surface area contributed by atoms with E-state index < -0.39 is 0 Å². The lowest BCUT2D eigenvalue weighted by molar-refractivity contribution is -0.122. The van der Waals surface area contributed by atoms with Crippen LogP contribution in [0.1, 0.15) is 51.4 Å². The molecule has 2 atom stereocenters. The van der Waals surface area contributed by atoms with Crippen molar-refractivity contribution < 1.29 is 4.79 Å². The fourth-order valence-electron chi connectivity index (χ4n) is 3.59. The van der Waals surface area contributed by atoms with Gasteiger partial charge in [0, 0.05) is 12.3 Å². The molecule has 0 bridgehead atoms. The summed E-state index contributed by atoms with van der Waals surface area (Å²) >= 11 is 0. The number of Topliss-reactive ketones (excluding diaryl/α,β-unsaturated/α-hetero) is 1. The van der Waals surface area contributed by atoms with E-state index in [1.54, 1.807) is 0 Å². The predicted molar refractivity (Wildman–Crippen MR) is 55.9 cm³/mol. The van der Waals surface area contributed by atoms with Gasteiger partial charge in [0.15, 0.2) is 0 Å². The van der Waals surface area contributed by atoms with Crippen molar-refractivity contribution >= 4 is 5.78 Å². The van der Waals surface area contributed by atoms with Gasteiger partial charge in [-0.2, -0.15) is 0 Å². The summed E-state index contributed by atoms with van der Waals surface area (Å²) in [5.41, 5.74) is 0. The zero-order valence-corrected chi connectivity index (χ0v) is 8.87. The maximum atomic E-state index is 12.0. The van der Waals surface area contributed by atoms with E-state index in [0.29, 0.717) is 11.7 Å². The lowest BCUT2D eigenvalue weighted by atomic mass is 9.81. The van der Waals surface area contributed by atoms with Gasteiger partial charge in [-0.25, -0.2) is 0 Å². The van der Waals surface area contributed by atoms with E-state index in [1.807, 2.05) is 0 Å². The smallest absolute Gasteiger partial charge is 0.136 e. The number of carbonyl (C=O) groups is 1. The van der Waals surface area contributed by atoms with Crippen LogP contribution in [0.2, 0.25) is 0 Å². The third-order valence-corrected chi connectivity index (χ3v) is 4.74. The summed E-state index contributed by atoms with van der Waals surface area (Å²) in [7, 11) is 0. The van der Waals surface area contributed by atoms with Crippen LogP contribution in [0.4, 0.5) is 0 Å². The monoisotopic (exact) mass is 192 g/mol. The first kappa shape index (κ1) is 8.94. The predicted octanol–water partition coefficient (Wildman–Crippen LogP) is 3.18. The van der Waals surface area contributed by atoms with E-state index >= 15 is 0 Å². The molecule has 3 fully saturated rings. The van der Waals surface area contributed by atoms with Crippen LogP contribution in [-0.4, -0.2) is 5.78 Å². The largest absolute Gasteiger partial charge is 0.299 e. The highest BCUT2D eigenvalue weighted by molar-refractivity contribution is 5.84. The van der Waals surface area contributed by atoms with Crippen molar-refractivity contribution in [2.75, 3.05) is 0 Å². The second-order valence-electron chi connectivity index (χ2n) is 5.61. The Labute approximate surface area is 86.3 Å². The minimum atomic E-state index is 0.526. The van der Waals surface area contributed by atoms with Gasteiger partial charge < -0.3 is 0 Å². The molecule has 0 spiro atoms. The summed E-state index contributed by atoms with van der Waals surface area (Å²) in [6, 6.07) is 0.